The summed E-state index contributed by atoms with van der Waals surface area (Å²) in [7, 11) is 2.21. The van der Waals surface area contributed by atoms with Crippen LogP contribution >= 0.6 is 0 Å². The zero-order valence-electron chi connectivity index (χ0n) is 18.1. The van der Waals surface area contributed by atoms with E-state index in [2.05, 4.69) is 67.8 Å². The van der Waals surface area contributed by atoms with E-state index in [-0.39, 0.29) is 5.54 Å². The number of aryl methyl sites for hydroxylation is 2. The van der Waals surface area contributed by atoms with Crippen molar-refractivity contribution in [2.45, 2.75) is 71.8 Å². The van der Waals surface area contributed by atoms with Crippen molar-refractivity contribution in [1.29, 1.82) is 0 Å². The molecule has 3 aromatic rings. The first-order chi connectivity index (χ1) is 13.3. The maximum Gasteiger partial charge on any atom is 0.150 e. The first kappa shape index (κ1) is 20.6. The predicted molar refractivity (Wildman–Crippen MR) is 120 cm³/mol. The van der Waals surface area contributed by atoms with E-state index in [4.69, 9.17) is 10.7 Å². The lowest BCUT2D eigenvalue weighted by molar-refractivity contribution is 0.172. The van der Waals surface area contributed by atoms with Crippen LogP contribution in [0.1, 0.15) is 64.8 Å². The van der Waals surface area contributed by atoms with Crippen LogP contribution in [0.2, 0.25) is 0 Å². The second-order valence-electron chi connectivity index (χ2n) is 8.91. The van der Waals surface area contributed by atoms with Gasteiger partial charge >= 0.3 is 0 Å². The number of aromatic amines is 1. The highest BCUT2D eigenvalue weighted by atomic mass is 15.1. The number of anilines is 1. The van der Waals surface area contributed by atoms with Crippen molar-refractivity contribution in [3.8, 4) is 0 Å². The van der Waals surface area contributed by atoms with E-state index in [1.165, 1.54) is 24.8 Å². The highest BCUT2D eigenvalue weighted by Gasteiger charge is 2.16. The third-order valence-corrected chi connectivity index (χ3v) is 5.66. The standard InChI is InChI=1S/C23H35N5/c1-6-10-19-26-20-17-13-12-16(15-18(17)25-22(24)21(20)27-19)11-8-7-9-14-28(5)23(2,3)4/h12-13,15H,6-11,14H2,1-5H3,(H2,24,25)(H,26,27). The molecule has 0 aliphatic carbocycles. The number of rotatable bonds is 8. The molecule has 0 saturated heterocycles. The molecule has 0 unspecified atom stereocenters. The molecule has 5 nitrogen and oxygen atoms in total. The van der Waals surface area contributed by atoms with Crippen molar-refractivity contribution in [2.75, 3.05) is 19.3 Å². The molecule has 152 valence electrons. The zero-order valence-corrected chi connectivity index (χ0v) is 18.1. The Hall–Kier alpha value is -2.14. The Labute approximate surface area is 168 Å². The molecule has 2 aromatic heterocycles. The van der Waals surface area contributed by atoms with Crippen LogP contribution in [0.5, 0.6) is 0 Å². The van der Waals surface area contributed by atoms with E-state index in [1.54, 1.807) is 0 Å². The van der Waals surface area contributed by atoms with Crippen LogP contribution in [0, 0.1) is 0 Å². The average molecular weight is 382 g/mol. The van der Waals surface area contributed by atoms with Gasteiger partial charge in [-0.2, -0.15) is 0 Å². The minimum atomic E-state index is 0.249. The molecule has 2 heterocycles. The lowest BCUT2D eigenvalue weighted by Gasteiger charge is -2.31. The summed E-state index contributed by atoms with van der Waals surface area (Å²) >= 11 is 0. The van der Waals surface area contributed by atoms with Crippen molar-refractivity contribution in [1.82, 2.24) is 19.9 Å². The number of aromatic nitrogens is 3. The number of nitrogen functional groups attached to an aromatic ring is 1. The second-order valence-corrected chi connectivity index (χ2v) is 8.91. The third kappa shape index (κ3) is 4.64. The van der Waals surface area contributed by atoms with Gasteiger partial charge in [0.25, 0.3) is 0 Å². The van der Waals surface area contributed by atoms with Crippen LogP contribution in [-0.2, 0) is 12.8 Å². The van der Waals surface area contributed by atoms with Gasteiger partial charge in [0.2, 0.25) is 0 Å². The molecule has 0 aliphatic heterocycles. The lowest BCUT2D eigenvalue weighted by atomic mass is 10.0. The van der Waals surface area contributed by atoms with Gasteiger partial charge < -0.3 is 15.6 Å². The number of nitrogens with zero attached hydrogens (tertiary/aromatic N) is 3. The molecule has 0 aliphatic rings. The highest BCUT2D eigenvalue weighted by Crippen LogP contribution is 2.27. The van der Waals surface area contributed by atoms with Crippen molar-refractivity contribution in [2.24, 2.45) is 0 Å². The van der Waals surface area contributed by atoms with E-state index in [9.17, 15) is 0 Å². The smallest absolute Gasteiger partial charge is 0.150 e. The molecular weight excluding hydrogens is 346 g/mol. The van der Waals surface area contributed by atoms with Gasteiger partial charge in [0, 0.05) is 17.3 Å². The summed E-state index contributed by atoms with van der Waals surface area (Å²) < 4.78 is 0. The Morgan fingerprint density at radius 1 is 1.07 bits per heavy atom. The van der Waals surface area contributed by atoms with Crippen LogP contribution in [-0.4, -0.2) is 39.0 Å². The highest BCUT2D eigenvalue weighted by molar-refractivity contribution is 6.06. The van der Waals surface area contributed by atoms with Gasteiger partial charge in [-0.15, -0.1) is 0 Å². The largest absolute Gasteiger partial charge is 0.382 e. The van der Waals surface area contributed by atoms with Crippen LogP contribution in [0.15, 0.2) is 18.2 Å². The molecule has 0 amide bonds. The van der Waals surface area contributed by atoms with Gasteiger partial charge in [0.1, 0.15) is 22.7 Å². The number of benzene rings is 1. The Bertz CT molecular complexity index is 935. The van der Waals surface area contributed by atoms with Crippen LogP contribution in [0.4, 0.5) is 5.82 Å². The van der Waals surface area contributed by atoms with E-state index >= 15 is 0 Å². The molecule has 0 fully saturated rings. The SMILES string of the molecule is CCCc1nc2c([nH]1)c(N)nc1cc(CCCCCN(C)C(C)(C)C)ccc12. The number of fused-ring (bicyclic) bond motifs is 3. The molecule has 0 spiro atoms. The molecule has 3 rings (SSSR count). The monoisotopic (exact) mass is 381 g/mol. The molecule has 0 saturated carbocycles. The lowest BCUT2D eigenvalue weighted by Crippen LogP contribution is -2.38. The Morgan fingerprint density at radius 2 is 1.86 bits per heavy atom. The number of hydrogen-bond acceptors (Lipinski definition) is 4. The average Bonchev–Trinajstić information content (AvgIpc) is 3.05. The Balaban J connectivity index is 1.66. The summed E-state index contributed by atoms with van der Waals surface area (Å²) in [5.74, 6) is 1.53. The molecule has 0 atom stereocenters. The van der Waals surface area contributed by atoms with Gasteiger partial charge in [0.15, 0.2) is 0 Å². The molecule has 28 heavy (non-hydrogen) atoms. The molecule has 5 heteroatoms. The van der Waals surface area contributed by atoms with Gasteiger partial charge in [-0.05, 0) is 71.7 Å². The van der Waals surface area contributed by atoms with E-state index in [0.717, 1.165) is 53.6 Å². The van der Waals surface area contributed by atoms with Gasteiger partial charge in [0.05, 0.1) is 5.52 Å². The van der Waals surface area contributed by atoms with Crippen LogP contribution in [0.25, 0.3) is 21.9 Å². The summed E-state index contributed by atoms with van der Waals surface area (Å²) in [6.45, 7) is 10.1. The summed E-state index contributed by atoms with van der Waals surface area (Å²) in [6, 6.07) is 6.55. The fourth-order valence-corrected chi connectivity index (χ4v) is 3.56. The summed E-state index contributed by atoms with van der Waals surface area (Å²) in [5.41, 5.74) is 10.5. The number of nitrogens with one attached hydrogen (secondary N) is 1. The molecular formula is C23H35N5. The number of nitrogens with two attached hydrogens (primary N) is 1. The fraction of sp³-hybridized carbons (Fsp3) is 0.565. The topological polar surface area (TPSA) is 70.8 Å². The first-order valence-electron chi connectivity index (χ1n) is 10.6. The van der Waals surface area contributed by atoms with E-state index < -0.39 is 0 Å². The second kappa shape index (κ2) is 8.48. The predicted octanol–water partition coefficient (Wildman–Crippen LogP) is 5.09. The van der Waals surface area contributed by atoms with E-state index in [1.807, 2.05) is 0 Å². The normalized spacial score (nSPS) is 12.5. The number of pyridine rings is 1. The zero-order chi connectivity index (χ0) is 20.3. The van der Waals surface area contributed by atoms with Crippen molar-refractivity contribution in [3.05, 3.63) is 29.6 Å². The van der Waals surface area contributed by atoms with Crippen LogP contribution in [0.3, 0.4) is 0 Å². The minimum absolute atomic E-state index is 0.249. The third-order valence-electron chi connectivity index (χ3n) is 5.66. The van der Waals surface area contributed by atoms with E-state index in [0.29, 0.717) is 5.82 Å². The van der Waals surface area contributed by atoms with Crippen molar-refractivity contribution in [3.63, 3.8) is 0 Å². The number of hydrogen-bond donors (Lipinski definition) is 2. The number of unbranched alkanes of at least 4 members (excludes halogenated alkanes) is 2. The minimum Gasteiger partial charge on any atom is -0.382 e. The van der Waals surface area contributed by atoms with Gasteiger partial charge in [-0.1, -0.05) is 25.5 Å². The maximum absolute atomic E-state index is 6.20. The first-order valence-corrected chi connectivity index (χ1v) is 10.6. The number of imidazole rings is 1. The summed E-state index contributed by atoms with van der Waals surface area (Å²) in [4.78, 5) is 15.2. The van der Waals surface area contributed by atoms with Crippen LogP contribution < -0.4 is 5.73 Å². The quantitative estimate of drug-likeness (QED) is 0.533. The number of H-pyrrole nitrogens is 1. The summed E-state index contributed by atoms with van der Waals surface area (Å²) in [5, 5.41) is 1.08. The maximum atomic E-state index is 6.20. The Morgan fingerprint density at radius 3 is 2.57 bits per heavy atom. The Kier molecular flexibility index (Phi) is 6.23. The van der Waals surface area contributed by atoms with Crippen molar-refractivity contribution < 1.29 is 0 Å². The molecule has 0 bridgehead atoms. The van der Waals surface area contributed by atoms with Gasteiger partial charge in [-0.25, -0.2) is 9.97 Å². The van der Waals surface area contributed by atoms with Crippen molar-refractivity contribution >= 4 is 27.8 Å². The summed E-state index contributed by atoms with van der Waals surface area (Å²) in [6.07, 6.45) is 6.74. The molecule has 1 aromatic carbocycles. The molecule has 0 radical (unpaired) electrons. The fourth-order valence-electron chi connectivity index (χ4n) is 3.56. The molecule has 3 N–H and O–H groups in total. The van der Waals surface area contributed by atoms with Gasteiger partial charge in [-0.3, -0.25) is 0 Å².